The van der Waals surface area contributed by atoms with Gasteiger partial charge >= 0.3 is 0 Å². The van der Waals surface area contributed by atoms with Crippen LogP contribution >= 0.6 is 0 Å². The number of sulfonamides is 1. The molecular weight excluding hydrogens is 300 g/mol. The number of nitrogens with one attached hydrogen (secondary N) is 2. The van der Waals surface area contributed by atoms with Gasteiger partial charge in [0.15, 0.2) is 0 Å². The zero-order valence-corrected chi connectivity index (χ0v) is 13.6. The van der Waals surface area contributed by atoms with Crippen molar-refractivity contribution in [1.29, 1.82) is 0 Å². The highest BCUT2D eigenvalue weighted by Gasteiger charge is 2.18. The number of hydrogen-bond acceptors (Lipinski definition) is 5. The van der Waals surface area contributed by atoms with Crippen LogP contribution in [0.2, 0.25) is 0 Å². The van der Waals surface area contributed by atoms with Crippen molar-refractivity contribution < 1.29 is 17.0 Å². The third kappa shape index (κ3) is 6.17. The molecule has 0 aliphatic carbocycles. The minimum Gasteiger partial charge on any atom is -0.447 e. The van der Waals surface area contributed by atoms with Crippen molar-refractivity contribution in [1.82, 2.24) is 10.0 Å². The van der Waals surface area contributed by atoms with E-state index in [0.29, 0.717) is 18.2 Å². The van der Waals surface area contributed by atoms with Gasteiger partial charge in [-0.15, -0.1) is 0 Å². The highest BCUT2D eigenvalue weighted by atomic mass is 32.2. The average Bonchev–Trinajstić information content (AvgIpc) is 2.77. The molecule has 1 rings (SSSR count). The fraction of sp³-hybridized carbons (Fsp3) is 0.667. The van der Waals surface area contributed by atoms with E-state index in [1.54, 1.807) is 6.07 Å². The monoisotopic (exact) mass is 322 g/mol. The van der Waals surface area contributed by atoms with Crippen LogP contribution in [0, 0.1) is 5.92 Å². The Morgan fingerprint density at radius 1 is 1.35 bits per heavy atom. The van der Waals surface area contributed by atoms with Crippen molar-refractivity contribution in [2.75, 3.05) is 25.1 Å². The van der Waals surface area contributed by atoms with Crippen molar-refractivity contribution >= 4 is 20.8 Å². The van der Waals surface area contributed by atoms with Gasteiger partial charge in [0.25, 0.3) is 10.0 Å². The summed E-state index contributed by atoms with van der Waals surface area (Å²) in [5, 5.41) is 3.06. The second-order valence-electron chi connectivity index (χ2n) is 4.92. The molecule has 1 atom stereocenters. The van der Waals surface area contributed by atoms with Crippen molar-refractivity contribution in [2.24, 2.45) is 5.92 Å². The minimum atomic E-state index is -3.66. The molecule has 0 saturated carbocycles. The molecule has 20 heavy (non-hydrogen) atoms. The zero-order valence-electron chi connectivity index (χ0n) is 12.0. The lowest BCUT2D eigenvalue weighted by Gasteiger charge is -2.05. The highest BCUT2D eigenvalue weighted by Crippen LogP contribution is 2.13. The first kappa shape index (κ1) is 17.4. The molecule has 0 fully saturated rings. The summed E-state index contributed by atoms with van der Waals surface area (Å²) in [6.07, 6.45) is 1.53. The van der Waals surface area contributed by atoms with Crippen LogP contribution in [-0.2, 0) is 27.4 Å². The molecule has 0 aliphatic rings. The Kier molecular flexibility index (Phi) is 6.87. The molecule has 0 radical (unpaired) electrons. The summed E-state index contributed by atoms with van der Waals surface area (Å²) in [6, 6.07) is 3.07. The fourth-order valence-corrected chi connectivity index (χ4v) is 2.97. The smallest absolute Gasteiger partial charge is 0.273 e. The van der Waals surface area contributed by atoms with Gasteiger partial charge in [-0.2, -0.15) is 0 Å². The third-order valence-electron chi connectivity index (χ3n) is 2.44. The Hall–Kier alpha value is -0.700. The number of rotatable bonds is 9. The summed E-state index contributed by atoms with van der Waals surface area (Å²) in [7, 11) is -4.68. The van der Waals surface area contributed by atoms with Crippen molar-refractivity contribution in [3.63, 3.8) is 0 Å². The Morgan fingerprint density at radius 2 is 2.05 bits per heavy atom. The van der Waals surface area contributed by atoms with Crippen LogP contribution in [0.3, 0.4) is 0 Å². The summed E-state index contributed by atoms with van der Waals surface area (Å²) in [5.41, 5.74) is 0. The molecule has 1 heterocycles. The quantitative estimate of drug-likeness (QED) is 0.698. The van der Waals surface area contributed by atoms with Crippen LogP contribution < -0.4 is 10.0 Å². The van der Waals surface area contributed by atoms with Gasteiger partial charge in [0.05, 0.1) is 6.54 Å². The second kappa shape index (κ2) is 7.92. The Labute approximate surface area is 122 Å². The summed E-state index contributed by atoms with van der Waals surface area (Å²) < 4.78 is 42.3. The maximum Gasteiger partial charge on any atom is 0.273 e. The van der Waals surface area contributed by atoms with E-state index in [1.807, 2.05) is 0 Å². The normalized spacial score (nSPS) is 13.8. The molecule has 0 aliphatic heterocycles. The summed E-state index contributed by atoms with van der Waals surface area (Å²) in [6.45, 7) is 5.64. The van der Waals surface area contributed by atoms with Crippen LogP contribution in [0.4, 0.5) is 0 Å². The van der Waals surface area contributed by atoms with Crippen LogP contribution in [0.5, 0.6) is 0 Å². The molecule has 8 heteroatoms. The van der Waals surface area contributed by atoms with Crippen molar-refractivity contribution in [3.05, 3.63) is 17.9 Å². The summed E-state index contributed by atoms with van der Waals surface area (Å²) in [4.78, 5) is 0. The Balaban J connectivity index is 2.54. The Bertz CT molecular complexity index is 537. The van der Waals surface area contributed by atoms with Gasteiger partial charge < -0.3 is 9.73 Å². The lowest BCUT2D eigenvalue weighted by Crippen LogP contribution is -2.27. The van der Waals surface area contributed by atoms with Crippen LogP contribution in [0.1, 0.15) is 19.6 Å². The van der Waals surface area contributed by atoms with E-state index in [9.17, 15) is 12.6 Å². The van der Waals surface area contributed by atoms with E-state index < -0.39 is 20.8 Å². The lowest BCUT2D eigenvalue weighted by molar-refractivity contribution is 0.395. The summed E-state index contributed by atoms with van der Waals surface area (Å²) >= 11 is 0. The van der Waals surface area contributed by atoms with E-state index in [0.717, 1.165) is 6.54 Å². The first-order valence-electron chi connectivity index (χ1n) is 6.40. The van der Waals surface area contributed by atoms with Crippen molar-refractivity contribution in [3.8, 4) is 0 Å². The number of furan rings is 1. The van der Waals surface area contributed by atoms with E-state index in [4.69, 9.17) is 4.42 Å². The zero-order chi connectivity index (χ0) is 15.2. The van der Waals surface area contributed by atoms with E-state index in [-0.39, 0.29) is 17.4 Å². The van der Waals surface area contributed by atoms with Crippen LogP contribution in [-0.4, -0.2) is 37.7 Å². The van der Waals surface area contributed by atoms with Crippen molar-refractivity contribution in [2.45, 2.75) is 25.5 Å². The Morgan fingerprint density at radius 3 is 2.65 bits per heavy atom. The molecule has 0 saturated heterocycles. The topological polar surface area (TPSA) is 88.4 Å². The minimum absolute atomic E-state index is 0.110. The van der Waals surface area contributed by atoms with E-state index in [1.165, 1.54) is 12.3 Å². The van der Waals surface area contributed by atoms with Gasteiger partial charge in [0.2, 0.25) is 5.09 Å². The number of hydrogen-bond donors (Lipinski definition) is 2. The first-order chi connectivity index (χ1) is 9.31. The van der Waals surface area contributed by atoms with Gasteiger partial charge in [-0.25, -0.2) is 13.1 Å². The molecule has 6 nitrogen and oxygen atoms in total. The molecule has 0 spiro atoms. The van der Waals surface area contributed by atoms with Crippen LogP contribution in [0.15, 0.2) is 21.6 Å². The van der Waals surface area contributed by atoms with Gasteiger partial charge in [-0.3, -0.25) is 4.21 Å². The first-order valence-corrected chi connectivity index (χ1v) is 9.61. The standard InChI is InChI=1S/C12H22N2O4S2/c1-10(2)8-13-9-11-4-5-12(18-11)20(16,17)14-6-7-19(3)15/h4-5,10,13-14H,6-9H2,1-3H3. The van der Waals surface area contributed by atoms with Crippen LogP contribution in [0.25, 0.3) is 0 Å². The largest absolute Gasteiger partial charge is 0.447 e. The molecule has 1 aromatic heterocycles. The van der Waals surface area contributed by atoms with Gasteiger partial charge in [-0.1, -0.05) is 13.8 Å². The summed E-state index contributed by atoms with van der Waals surface area (Å²) in [5.74, 6) is 1.37. The predicted molar refractivity (Wildman–Crippen MR) is 79.4 cm³/mol. The fourth-order valence-electron chi connectivity index (χ4n) is 1.47. The molecular formula is C12H22N2O4S2. The average molecular weight is 322 g/mol. The highest BCUT2D eigenvalue weighted by molar-refractivity contribution is 7.89. The SMILES string of the molecule is CC(C)CNCc1ccc(S(=O)(=O)NCCS(C)=O)o1. The van der Waals surface area contributed by atoms with E-state index in [2.05, 4.69) is 23.9 Å². The molecule has 0 amide bonds. The lowest BCUT2D eigenvalue weighted by atomic mass is 10.2. The molecule has 1 unspecified atom stereocenters. The molecule has 1 aromatic rings. The molecule has 0 aromatic carbocycles. The molecule has 2 N–H and O–H groups in total. The maximum atomic E-state index is 11.9. The molecule has 0 bridgehead atoms. The third-order valence-corrected chi connectivity index (χ3v) is 4.55. The maximum absolute atomic E-state index is 11.9. The van der Waals surface area contributed by atoms with E-state index >= 15 is 0 Å². The second-order valence-corrected chi connectivity index (χ2v) is 8.17. The van der Waals surface area contributed by atoms with Gasteiger partial charge in [0, 0.05) is 29.4 Å². The molecule has 116 valence electrons. The predicted octanol–water partition coefficient (Wildman–Crippen LogP) is 0.682. The van der Waals surface area contributed by atoms with Gasteiger partial charge in [-0.05, 0) is 24.6 Å². The van der Waals surface area contributed by atoms with Gasteiger partial charge in [0.1, 0.15) is 5.76 Å².